The lowest BCUT2D eigenvalue weighted by Crippen LogP contribution is -2.50. The number of esters is 1. The van der Waals surface area contributed by atoms with Gasteiger partial charge in [0.15, 0.2) is 0 Å². The van der Waals surface area contributed by atoms with Gasteiger partial charge in [-0.2, -0.15) is 0 Å². The Labute approximate surface area is 297 Å². The predicted octanol–water partition coefficient (Wildman–Crippen LogP) is 8.99. The van der Waals surface area contributed by atoms with Crippen molar-refractivity contribution >= 4 is 17.3 Å². The van der Waals surface area contributed by atoms with Gasteiger partial charge in [0.05, 0.1) is 5.56 Å². The van der Waals surface area contributed by atoms with Gasteiger partial charge in [-0.1, -0.05) is 51.2 Å². The Morgan fingerprint density at radius 1 is 0.940 bits per heavy atom. The number of hydrogen-bond donors (Lipinski definition) is 4. The summed E-state index contributed by atoms with van der Waals surface area (Å²) in [6.45, 7) is 13.3. The lowest BCUT2D eigenvalue weighted by Gasteiger charge is -2.47. The van der Waals surface area contributed by atoms with E-state index < -0.39 is 35.1 Å². The molecule has 5 rings (SSSR count). The number of rotatable bonds is 12. The standard InChI is InChI=1S/C42H56O8/c1-8-10-12-14-26-21-31(44)37-33(22-26)49-41(5,6)30-18-19-42(7,39(47)36(30)37)50-40(48)34-27(15-13-11-9-2)23-32(45)35(38(34)46)29-20-24(3)16-17-28(29)25(4)43/h20-23,28-29,39,44-47H,8-19H2,1-7H3/t28-,29+,39?,42?/m0/s1. The predicted molar refractivity (Wildman–Crippen MR) is 195 cm³/mol. The van der Waals surface area contributed by atoms with Crippen molar-refractivity contribution in [1.29, 1.82) is 0 Å². The third-order valence-corrected chi connectivity index (χ3v) is 11.2. The molecule has 0 aromatic heterocycles. The van der Waals surface area contributed by atoms with Crippen LogP contribution in [0.4, 0.5) is 0 Å². The molecule has 4 atom stereocenters. The number of Topliss-reactive ketones (excluding diaryl/α,β-unsaturated/α-hetero) is 1. The molecule has 0 bridgehead atoms. The first-order chi connectivity index (χ1) is 23.6. The number of phenolic OH excluding ortho intramolecular Hbond substituents is 3. The number of aliphatic hydroxyl groups is 1. The number of ether oxygens (including phenoxy) is 2. The molecule has 0 fully saturated rings. The van der Waals surface area contributed by atoms with E-state index in [2.05, 4.69) is 13.8 Å². The van der Waals surface area contributed by atoms with Crippen molar-refractivity contribution in [2.45, 2.75) is 149 Å². The summed E-state index contributed by atoms with van der Waals surface area (Å²) in [5.74, 6) is -1.95. The molecule has 272 valence electrons. The molecule has 3 aliphatic rings. The molecule has 8 heteroatoms. The third kappa shape index (κ3) is 7.19. The van der Waals surface area contributed by atoms with E-state index in [1.165, 1.54) is 13.0 Å². The molecule has 0 saturated carbocycles. The molecule has 8 nitrogen and oxygen atoms in total. The first-order valence-corrected chi connectivity index (χ1v) is 18.6. The van der Waals surface area contributed by atoms with Gasteiger partial charge in [-0.05, 0) is 121 Å². The van der Waals surface area contributed by atoms with Gasteiger partial charge in [0.2, 0.25) is 0 Å². The van der Waals surface area contributed by atoms with Gasteiger partial charge in [0, 0.05) is 23.0 Å². The van der Waals surface area contributed by atoms with E-state index in [1.54, 1.807) is 13.0 Å². The Bertz CT molecular complexity index is 1700. The quantitative estimate of drug-likeness (QED) is 0.0987. The molecule has 50 heavy (non-hydrogen) atoms. The van der Waals surface area contributed by atoms with Crippen LogP contribution in [-0.2, 0) is 22.4 Å². The summed E-state index contributed by atoms with van der Waals surface area (Å²) in [6, 6.07) is 5.21. The fourth-order valence-corrected chi connectivity index (χ4v) is 8.32. The Morgan fingerprint density at radius 3 is 2.28 bits per heavy atom. The zero-order chi connectivity index (χ0) is 36.5. The zero-order valence-corrected chi connectivity index (χ0v) is 30.9. The Hall–Kier alpha value is -3.78. The first-order valence-electron chi connectivity index (χ1n) is 18.6. The van der Waals surface area contributed by atoms with Crippen molar-refractivity contribution in [2.75, 3.05) is 0 Å². The molecule has 1 aliphatic heterocycles. The normalized spacial score (nSPS) is 24.2. The monoisotopic (exact) mass is 688 g/mol. The minimum Gasteiger partial charge on any atom is -0.507 e. The summed E-state index contributed by atoms with van der Waals surface area (Å²) < 4.78 is 12.7. The third-order valence-electron chi connectivity index (χ3n) is 11.2. The smallest absolute Gasteiger partial charge is 0.342 e. The Balaban J connectivity index is 1.55. The van der Waals surface area contributed by atoms with Crippen LogP contribution in [0.25, 0.3) is 5.57 Å². The van der Waals surface area contributed by atoms with Crippen LogP contribution in [0.15, 0.2) is 35.4 Å². The number of ketones is 1. The molecule has 2 aromatic rings. The number of phenols is 3. The maximum atomic E-state index is 14.4. The van der Waals surface area contributed by atoms with Gasteiger partial charge in [0.1, 0.15) is 51.7 Å². The van der Waals surface area contributed by atoms with E-state index in [0.717, 1.165) is 68.1 Å². The van der Waals surface area contributed by atoms with Crippen LogP contribution in [0.1, 0.15) is 151 Å². The molecule has 0 saturated heterocycles. The molecular formula is C42H56O8. The van der Waals surface area contributed by atoms with Crippen LogP contribution in [0.3, 0.4) is 0 Å². The van der Waals surface area contributed by atoms with Crippen LogP contribution in [-0.4, -0.2) is 49.5 Å². The van der Waals surface area contributed by atoms with E-state index in [-0.39, 0.29) is 40.6 Å². The molecule has 0 spiro atoms. The van der Waals surface area contributed by atoms with Gasteiger partial charge in [-0.25, -0.2) is 4.79 Å². The highest BCUT2D eigenvalue weighted by molar-refractivity contribution is 5.96. The van der Waals surface area contributed by atoms with E-state index in [9.17, 15) is 30.0 Å². The van der Waals surface area contributed by atoms with Gasteiger partial charge in [0.25, 0.3) is 0 Å². The molecule has 0 amide bonds. The minimum atomic E-state index is -1.42. The molecule has 1 heterocycles. The minimum absolute atomic E-state index is 0.0153. The van der Waals surface area contributed by atoms with Crippen LogP contribution in [0.5, 0.6) is 23.0 Å². The summed E-state index contributed by atoms with van der Waals surface area (Å²) in [6.07, 6.45) is 9.59. The lowest BCUT2D eigenvalue weighted by molar-refractivity contribution is -0.121. The second-order valence-corrected chi connectivity index (χ2v) is 15.5. The largest absolute Gasteiger partial charge is 0.507 e. The average molecular weight is 689 g/mol. The maximum absolute atomic E-state index is 14.4. The number of carbonyl (C=O) groups excluding carboxylic acids is 2. The second-order valence-electron chi connectivity index (χ2n) is 15.5. The molecule has 0 radical (unpaired) electrons. The number of allylic oxidation sites excluding steroid dienone is 2. The summed E-state index contributed by atoms with van der Waals surface area (Å²) in [4.78, 5) is 27.1. The Morgan fingerprint density at radius 2 is 1.62 bits per heavy atom. The van der Waals surface area contributed by atoms with Gasteiger partial charge < -0.3 is 29.9 Å². The van der Waals surface area contributed by atoms with Crippen molar-refractivity contribution in [3.05, 3.63) is 63.2 Å². The van der Waals surface area contributed by atoms with Crippen molar-refractivity contribution in [1.82, 2.24) is 0 Å². The fourth-order valence-electron chi connectivity index (χ4n) is 8.32. The number of aryl methyl sites for hydroxylation is 2. The molecule has 2 aliphatic carbocycles. The summed E-state index contributed by atoms with van der Waals surface area (Å²) in [7, 11) is 0. The Kier molecular flexibility index (Phi) is 11.1. The van der Waals surface area contributed by atoms with E-state index in [1.807, 2.05) is 32.9 Å². The van der Waals surface area contributed by atoms with Crippen LogP contribution in [0.2, 0.25) is 0 Å². The zero-order valence-electron chi connectivity index (χ0n) is 30.9. The van der Waals surface area contributed by atoms with Crippen LogP contribution >= 0.6 is 0 Å². The van der Waals surface area contributed by atoms with Crippen molar-refractivity contribution in [2.24, 2.45) is 5.92 Å². The fraction of sp³-hybridized carbons (Fsp3) is 0.571. The van der Waals surface area contributed by atoms with E-state index in [4.69, 9.17) is 9.47 Å². The summed E-state index contributed by atoms with van der Waals surface area (Å²) >= 11 is 0. The lowest BCUT2D eigenvalue weighted by atomic mass is 9.70. The van der Waals surface area contributed by atoms with E-state index in [0.29, 0.717) is 41.7 Å². The van der Waals surface area contributed by atoms with Crippen molar-refractivity contribution in [3.63, 3.8) is 0 Å². The highest BCUT2D eigenvalue weighted by Gasteiger charge is 2.51. The topological polar surface area (TPSA) is 134 Å². The van der Waals surface area contributed by atoms with Gasteiger partial charge in [-0.15, -0.1) is 0 Å². The number of fused-ring (bicyclic) bond motifs is 2. The summed E-state index contributed by atoms with van der Waals surface area (Å²) in [5.41, 5.74) is 2.13. The molecule has 4 N–H and O–H groups in total. The van der Waals surface area contributed by atoms with Crippen LogP contribution in [0, 0.1) is 5.92 Å². The molecule has 2 aromatic carbocycles. The number of aliphatic hydroxyl groups excluding tert-OH is 1. The SMILES string of the molecule is CCCCCc1cc(O)c2c(c1)OC(C)(C)C1=C2C(O)C(C)(OC(=O)c2c(CCCCC)cc(O)c([C@@H]3C=C(C)CC[C@H]3C(C)=O)c2O)CC1. The maximum Gasteiger partial charge on any atom is 0.342 e. The highest BCUT2D eigenvalue weighted by Crippen LogP contribution is 2.54. The average Bonchev–Trinajstić information content (AvgIpc) is 3.02. The van der Waals surface area contributed by atoms with Crippen molar-refractivity contribution in [3.8, 4) is 23.0 Å². The first kappa shape index (κ1) is 37.5. The molecule has 2 unspecified atom stereocenters. The van der Waals surface area contributed by atoms with Crippen LogP contribution < -0.4 is 4.74 Å². The van der Waals surface area contributed by atoms with E-state index >= 15 is 0 Å². The number of aromatic hydroxyl groups is 3. The summed E-state index contributed by atoms with van der Waals surface area (Å²) in [5, 5.41) is 46.8. The number of carbonyl (C=O) groups is 2. The van der Waals surface area contributed by atoms with Gasteiger partial charge in [-0.3, -0.25) is 4.79 Å². The number of benzene rings is 2. The number of unbranched alkanes of at least 4 members (excludes halogenated alkanes) is 4. The molecular weight excluding hydrogens is 632 g/mol. The highest BCUT2D eigenvalue weighted by atomic mass is 16.6. The van der Waals surface area contributed by atoms with Crippen molar-refractivity contribution < 1.29 is 39.5 Å². The number of hydrogen-bond acceptors (Lipinski definition) is 8. The second kappa shape index (κ2) is 14.8. The van der Waals surface area contributed by atoms with Gasteiger partial charge >= 0.3 is 5.97 Å².